The second kappa shape index (κ2) is 5.50. The van der Waals surface area contributed by atoms with Crippen LogP contribution in [-0.2, 0) is 6.42 Å². The zero-order chi connectivity index (χ0) is 14.8. The van der Waals surface area contributed by atoms with Gasteiger partial charge in [-0.15, -0.1) is 0 Å². The Labute approximate surface area is 125 Å². The molecule has 0 N–H and O–H groups in total. The van der Waals surface area contributed by atoms with E-state index in [1.165, 1.54) is 10.6 Å². The first-order valence-corrected chi connectivity index (χ1v) is 6.77. The fourth-order valence-electron chi connectivity index (χ4n) is 2.23. The number of rotatable bonds is 3. The van der Waals surface area contributed by atoms with Crippen molar-refractivity contribution in [1.29, 1.82) is 0 Å². The van der Waals surface area contributed by atoms with Crippen LogP contribution in [0.15, 0.2) is 53.5 Å². The predicted octanol–water partition coefficient (Wildman–Crippen LogP) is 2.75. The zero-order valence-electron chi connectivity index (χ0n) is 11.0. The van der Waals surface area contributed by atoms with Crippen molar-refractivity contribution in [3.8, 4) is 0 Å². The molecule has 104 valence electrons. The summed E-state index contributed by atoms with van der Waals surface area (Å²) in [7, 11) is 0. The van der Waals surface area contributed by atoms with Gasteiger partial charge >= 0.3 is 0 Å². The summed E-state index contributed by atoms with van der Waals surface area (Å²) in [6, 6.07) is 12.7. The molecule has 0 fully saturated rings. The molecule has 0 amide bonds. The molecule has 2 aromatic heterocycles. The number of benzene rings is 1. The highest BCUT2D eigenvalue weighted by molar-refractivity contribution is 6.30. The quantitative estimate of drug-likeness (QED) is 0.699. The lowest BCUT2D eigenvalue weighted by molar-refractivity contribution is 0.111. The second-order valence-corrected chi connectivity index (χ2v) is 5.07. The van der Waals surface area contributed by atoms with Crippen LogP contribution in [0.4, 0.5) is 0 Å². The minimum absolute atomic E-state index is 0.172. The van der Waals surface area contributed by atoms with Crippen molar-refractivity contribution in [1.82, 2.24) is 9.38 Å². The smallest absolute Gasteiger partial charge is 0.262 e. The van der Waals surface area contributed by atoms with Gasteiger partial charge in [-0.25, -0.2) is 4.98 Å². The molecule has 0 unspecified atom stereocenters. The highest BCUT2D eigenvalue weighted by Crippen LogP contribution is 2.12. The van der Waals surface area contributed by atoms with Crippen LogP contribution in [-0.4, -0.2) is 15.7 Å². The number of nitrogens with zero attached hydrogens (tertiary/aromatic N) is 2. The molecule has 2 heterocycles. The van der Waals surface area contributed by atoms with Crippen molar-refractivity contribution in [3.05, 3.63) is 80.9 Å². The van der Waals surface area contributed by atoms with E-state index in [2.05, 4.69) is 4.98 Å². The largest absolute Gasteiger partial charge is 0.296 e. The fraction of sp³-hybridized carbons (Fsp3) is 0.0625. The Balaban J connectivity index is 2.23. The summed E-state index contributed by atoms with van der Waals surface area (Å²) >= 11 is 5.92. The minimum atomic E-state index is -0.270. The Hall–Kier alpha value is -2.46. The standard InChI is InChI=1S/C16H11ClN2O2/c17-12-6-7-15-18-14(10-20)13(16(21)19(15)9-12)8-11-4-2-1-3-5-11/h1-7,9-10H,8H2. The van der Waals surface area contributed by atoms with E-state index in [-0.39, 0.29) is 11.3 Å². The first-order valence-electron chi connectivity index (χ1n) is 6.39. The number of fused-ring (bicyclic) bond motifs is 1. The topological polar surface area (TPSA) is 51.4 Å². The SMILES string of the molecule is O=Cc1nc2ccc(Cl)cn2c(=O)c1Cc1ccccc1. The number of aromatic nitrogens is 2. The Morgan fingerprint density at radius 2 is 1.90 bits per heavy atom. The highest BCUT2D eigenvalue weighted by atomic mass is 35.5. The van der Waals surface area contributed by atoms with Crippen molar-refractivity contribution < 1.29 is 4.79 Å². The molecule has 0 aliphatic rings. The summed E-state index contributed by atoms with van der Waals surface area (Å²) in [6.45, 7) is 0. The van der Waals surface area contributed by atoms with Crippen LogP contribution >= 0.6 is 11.6 Å². The average Bonchev–Trinajstić information content (AvgIpc) is 2.51. The van der Waals surface area contributed by atoms with Gasteiger partial charge in [0.1, 0.15) is 11.3 Å². The van der Waals surface area contributed by atoms with Gasteiger partial charge in [0, 0.05) is 12.6 Å². The van der Waals surface area contributed by atoms with Crippen LogP contribution < -0.4 is 5.56 Å². The lowest BCUT2D eigenvalue weighted by Crippen LogP contribution is -2.22. The van der Waals surface area contributed by atoms with Crippen LogP contribution in [0.2, 0.25) is 5.02 Å². The van der Waals surface area contributed by atoms with Crippen molar-refractivity contribution >= 4 is 23.5 Å². The summed E-state index contributed by atoms with van der Waals surface area (Å²) in [5.41, 5.74) is 1.63. The van der Waals surface area contributed by atoms with E-state index in [0.29, 0.717) is 28.9 Å². The summed E-state index contributed by atoms with van der Waals surface area (Å²) in [5.74, 6) is 0. The average molecular weight is 299 g/mol. The second-order valence-electron chi connectivity index (χ2n) is 4.64. The summed E-state index contributed by atoms with van der Waals surface area (Å²) < 4.78 is 1.37. The molecule has 0 aliphatic carbocycles. The Kier molecular flexibility index (Phi) is 3.54. The maximum atomic E-state index is 12.6. The Morgan fingerprint density at radius 3 is 2.62 bits per heavy atom. The van der Waals surface area contributed by atoms with Crippen molar-refractivity contribution in [2.75, 3.05) is 0 Å². The number of carbonyl (C=O) groups excluding carboxylic acids is 1. The van der Waals surface area contributed by atoms with Crippen LogP contribution in [0, 0.1) is 0 Å². The predicted molar refractivity (Wildman–Crippen MR) is 81.1 cm³/mol. The molecular weight excluding hydrogens is 288 g/mol. The van der Waals surface area contributed by atoms with E-state index in [1.807, 2.05) is 30.3 Å². The zero-order valence-corrected chi connectivity index (χ0v) is 11.7. The van der Waals surface area contributed by atoms with Crippen LogP contribution in [0.1, 0.15) is 21.6 Å². The van der Waals surface area contributed by atoms with E-state index in [0.717, 1.165) is 5.56 Å². The lowest BCUT2D eigenvalue weighted by Gasteiger charge is -2.07. The number of aldehydes is 1. The van der Waals surface area contributed by atoms with Crippen molar-refractivity contribution in [2.45, 2.75) is 6.42 Å². The van der Waals surface area contributed by atoms with Crippen molar-refractivity contribution in [3.63, 3.8) is 0 Å². The van der Waals surface area contributed by atoms with Crippen LogP contribution in [0.5, 0.6) is 0 Å². The highest BCUT2D eigenvalue weighted by Gasteiger charge is 2.13. The summed E-state index contributed by atoms with van der Waals surface area (Å²) in [4.78, 5) is 28.0. The molecule has 0 saturated heterocycles. The number of hydrogen-bond donors (Lipinski definition) is 0. The first kappa shape index (κ1) is 13.5. The molecule has 3 aromatic rings. The normalized spacial score (nSPS) is 10.7. The van der Waals surface area contributed by atoms with Gasteiger partial charge in [0.15, 0.2) is 6.29 Å². The Morgan fingerprint density at radius 1 is 1.14 bits per heavy atom. The fourth-order valence-corrected chi connectivity index (χ4v) is 2.39. The van der Waals surface area contributed by atoms with Gasteiger partial charge in [-0.1, -0.05) is 41.9 Å². The van der Waals surface area contributed by atoms with E-state index in [1.54, 1.807) is 12.1 Å². The van der Waals surface area contributed by atoms with Crippen LogP contribution in [0.25, 0.3) is 5.65 Å². The molecule has 0 atom stereocenters. The van der Waals surface area contributed by atoms with E-state index in [9.17, 15) is 9.59 Å². The maximum absolute atomic E-state index is 12.6. The molecular formula is C16H11ClN2O2. The molecule has 21 heavy (non-hydrogen) atoms. The molecule has 5 heteroatoms. The van der Waals surface area contributed by atoms with Crippen LogP contribution in [0.3, 0.4) is 0 Å². The number of halogens is 1. The third kappa shape index (κ3) is 2.58. The van der Waals surface area contributed by atoms with Gasteiger partial charge in [-0.05, 0) is 17.7 Å². The molecule has 0 radical (unpaired) electrons. The van der Waals surface area contributed by atoms with E-state index < -0.39 is 0 Å². The molecule has 1 aromatic carbocycles. The first-order chi connectivity index (χ1) is 10.2. The van der Waals surface area contributed by atoms with Gasteiger partial charge < -0.3 is 0 Å². The number of carbonyl (C=O) groups is 1. The van der Waals surface area contributed by atoms with Gasteiger partial charge in [0.2, 0.25) is 0 Å². The third-order valence-electron chi connectivity index (χ3n) is 3.25. The van der Waals surface area contributed by atoms with Gasteiger partial charge in [0.05, 0.1) is 10.6 Å². The van der Waals surface area contributed by atoms with Gasteiger partial charge in [-0.3, -0.25) is 14.0 Å². The lowest BCUT2D eigenvalue weighted by atomic mass is 10.0. The maximum Gasteiger partial charge on any atom is 0.262 e. The van der Waals surface area contributed by atoms with E-state index >= 15 is 0 Å². The van der Waals surface area contributed by atoms with Gasteiger partial charge in [0.25, 0.3) is 5.56 Å². The molecule has 0 saturated carbocycles. The molecule has 0 spiro atoms. The summed E-state index contributed by atoms with van der Waals surface area (Å²) in [5, 5.41) is 0.441. The minimum Gasteiger partial charge on any atom is -0.296 e. The molecule has 0 bridgehead atoms. The number of hydrogen-bond acceptors (Lipinski definition) is 3. The molecule has 3 rings (SSSR count). The van der Waals surface area contributed by atoms with E-state index in [4.69, 9.17) is 11.6 Å². The summed E-state index contributed by atoms with van der Waals surface area (Å²) in [6.07, 6.45) is 2.49. The molecule has 4 nitrogen and oxygen atoms in total. The monoisotopic (exact) mass is 298 g/mol. The molecule has 0 aliphatic heterocycles. The number of pyridine rings is 1. The Bertz CT molecular complexity index is 873. The van der Waals surface area contributed by atoms with Gasteiger partial charge in [-0.2, -0.15) is 0 Å². The third-order valence-corrected chi connectivity index (χ3v) is 3.47. The van der Waals surface area contributed by atoms with Crippen molar-refractivity contribution in [2.24, 2.45) is 0 Å².